The summed E-state index contributed by atoms with van der Waals surface area (Å²) in [5, 5.41) is 18.6. The number of rotatable bonds is 2. The molecule has 0 aromatic heterocycles. The maximum atomic E-state index is 13.0. The third-order valence-corrected chi connectivity index (χ3v) is 3.46. The molecule has 16 heavy (non-hydrogen) atoms. The Morgan fingerprint density at radius 2 is 2.06 bits per heavy atom. The van der Waals surface area contributed by atoms with Crippen molar-refractivity contribution in [3.05, 3.63) is 28.5 Å². The van der Waals surface area contributed by atoms with Crippen LogP contribution in [-0.2, 0) is 10.2 Å². The number of phenols is 1. The van der Waals surface area contributed by atoms with Crippen molar-refractivity contribution in [2.24, 2.45) is 0 Å². The molecule has 1 aliphatic rings. The van der Waals surface area contributed by atoms with Crippen LogP contribution in [0, 0.1) is 5.82 Å². The highest BCUT2D eigenvalue weighted by atomic mass is 35.5. The smallest absolute Gasteiger partial charge is 0.314 e. The molecule has 86 valence electrons. The molecule has 0 unspecified atom stereocenters. The summed E-state index contributed by atoms with van der Waals surface area (Å²) < 4.78 is 13.0. The van der Waals surface area contributed by atoms with Gasteiger partial charge in [0.15, 0.2) is 0 Å². The van der Waals surface area contributed by atoms with E-state index in [4.69, 9.17) is 11.6 Å². The van der Waals surface area contributed by atoms with E-state index in [1.165, 1.54) is 6.07 Å². The van der Waals surface area contributed by atoms with E-state index < -0.39 is 17.2 Å². The van der Waals surface area contributed by atoms with Gasteiger partial charge in [-0.15, -0.1) is 0 Å². The van der Waals surface area contributed by atoms with Crippen molar-refractivity contribution in [2.45, 2.75) is 24.7 Å². The van der Waals surface area contributed by atoms with E-state index in [1.54, 1.807) is 0 Å². The van der Waals surface area contributed by atoms with Crippen molar-refractivity contribution < 1.29 is 19.4 Å². The Kier molecular flexibility index (Phi) is 2.54. The molecule has 0 bridgehead atoms. The molecule has 1 aromatic rings. The Morgan fingerprint density at radius 1 is 1.44 bits per heavy atom. The number of carbonyl (C=O) groups is 1. The van der Waals surface area contributed by atoms with Gasteiger partial charge in [-0.25, -0.2) is 4.39 Å². The Hall–Kier alpha value is -1.29. The number of aliphatic carboxylic acids is 1. The molecule has 1 aromatic carbocycles. The van der Waals surface area contributed by atoms with Crippen molar-refractivity contribution in [3.8, 4) is 5.75 Å². The second-order valence-corrected chi connectivity index (χ2v) is 4.43. The lowest BCUT2D eigenvalue weighted by molar-refractivity contribution is -0.147. The fraction of sp³-hybridized carbons (Fsp3) is 0.364. The number of aromatic hydroxyl groups is 1. The molecule has 2 N–H and O–H groups in total. The van der Waals surface area contributed by atoms with E-state index >= 15 is 0 Å². The summed E-state index contributed by atoms with van der Waals surface area (Å²) in [5.74, 6) is -2.09. The lowest BCUT2D eigenvalue weighted by atomic mass is 9.64. The maximum Gasteiger partial charge on any atom is 0.314 e. The van der Waals surface area contributed by atoms with E-state index in [-0.39, 0.29) is 16.3 Å². The summed E-state index contributed by atoms with van der Waals surface area (Å²) >= 11 is 5.60. The molecule has 2 rings (SSSR count). The normalized spacial score (nSPS) is 17.9. The van der Waals surface area contributed by atoms with Crippen LogP contribution in [0.4, 0.5) is 4.39 Å². The number of phenolic OH excluding ortho intramolecular Hbond substituents is 1. The number of benzene rings is 1. The van der Waals surface area contributed by atoms with Gasteiger partial charge >= 0.3 is 5.97 Å². The number of halogens is 2. The second kappa shape index (κ2) is 3.63. The molecule has 0 radical (unpaired) electrons. The van der Waals surface area contributed by atoms with Crippen LogP contribution < -0.4 is 0 Å². The van der Waals surface area contributed by atoms with Crippen LogP contribution in [0.3, 0.4) is 0 Å². The topological polar surface area (TPSA) is 57.5 Å². The number of hydrogen-bond acceptors (Lipinski definition) is 2. The molecule has 3 nitrogen and oxygen atoms in total. The van der Waals surface area contributed by atoms with Crippen molar-refractivity contribution in [1.29, 1.82) is 0 Å². The largest absolute Gasteiger partial charge is 0.508 e. The van der Waals surface area contributed by atoms with E-state index in [0.717, 1.165) is 12.5 Å². The molecule has 0 atom stereocenters. The van der Waals surface area contributed by atoms with Gasteiger partial charge in [-0.05, 0) is 18.9 Å². The fourth-order valence-corrected chi connectivity index (χ4v) is 2.21. The van der Waals surface area contributed by atoms with Gasteiger partial charge in [0.25, 0.3) is 0 Å². The third kappa shape index (κ3) is 1.45. The maximum absolute atomic E-state index is 13.0. The molecule has 5 heteroatoms. The summed E-state index contributed by atoms with van der Waals surface area (Å²) in [6.07, 6.45) is 1.66. The van der Waals surface area contributed by atoms with E-state index in [9.17, 15) is 19.4 Å². The highest BCUT2D eigenvalue weighted by Crippen LogP contribution is 2.48. The van der Waals surface area contributed by atoms with Crippen LogP contribution >= 0.6 is 11.6 Å². The van der Waals surface area contributed by atoms with E-state index in [2.05, 4.69) is 0 Å². The Morgan fingerprint density at radius 3 is 2.50 bits per heavy atom. The van der Waals surface area contributed by atoms with Crippen molar-refractivity contribution >= 4 is 17.6 Å². The van der Waals surface area contributed by atoms with Crippen LogP contribution in [0.25, 0.3) is 0 Å². The SMILES string of the molecule is O=C(O)C1(c2cc(Cl)c(F)cc2O)CCC1. The number of carboxylic acid groups (broad SMARTS) is 1. The summed E-state index contributed by atoms with van der Waals surface area (Å²) in [4.78, 5) is 11.2. The van der Waals surface area contributed by atoms with E-state index in [1.807, 2.05) is 0 Å². The Labute approximate surface area is 96.5 Å². The molecule has 0 heterocycles. The second-order valence-electron chi connectivity index (χ2n) is 4.02. The monoisotopic (exact) mass is 244 g/mol. The van der Waals surface area contributed by atoms with Gasteiger partial charge in [-0.2, -0.15) is 0 Å². The Balaban J connectivity index is 2.55. The molecule has 0 aliphatic heterocycles. The third-order valence-electron chi connectivity index (χ3n) is 3.17. The van der Waals surface area contributed by atoms with Crippen molar-refractivity contribution in [3.63, 3.8) is 0 Å². The summed E-state index contributed by atoms with van der Waals surface area (Å²) in [6.45, 7) is 0. The van der Waals surface area contributed by atoms with Gasteiger partial charge < -0.3 is 10.2 Å². The molecular weight excluding hydrogens is 235 g/mol. The predicted octanol–water partition coefficient (Wildman–Crippen LogP) is 2.69. The zero-order valence-electron chi connectivity index (χ0n) is 8.33. The molecule has 0 amide bonds. The van der Waals surface area contributed by atoms with Gasteiger partial charge in [0.1, 0.15) is 11.6 Å². The molecule has 1 saturated carbocycles. The lowest BCUT2D eigenvalue weighted by Crippen LogP contribution is -2.42. The minimum Gasteiger partial charge on any atom is -0.508 e. The fourth-order valence-electron chi connectivity index (χ4n) is 2.05. The highest BCUT2D eigenvalue weighted by molar-refractivity contribution is 6.30. The van der Waals surface area contributed by atoms with Crippen LogP contribution in [0.15, 0.2) is 12.1 Å². The molecule has 1 aliphatic carbocycles. The quantitative estimate of drug-likeness (QED) is 0.841. The minimum absolute atomic E-state index is 0.166. The van der Waals surface area contributed by atoms with Gasteiger partial charge in [0, 0.05) is 11.6 Å². The van der Waals surface area contributed by atoms with Gasteiger partial charge in [-0.1, -0.05) is 18.0 Å². The standard InChI is InChI=1S/C11H10ClFO3/c12-7-4-6(9(14)5-8(7)13)11(10(15)16)2-1-3-11/h4-5,14H,1-3H2,(H,15,16). The molecule has 0 spiro atoms. The average Bonchev–Trinajstić information content (AvgIpc) is 2.11. The molecule has 1 fully saturated rings. The first-order chi connectivity index (χ1) is 7.47. The minimum atomic E-state index is -1.10. The molecular formula is C11H10ClFO3. The van der Waals surface area contributed by atoms with Crippen LogP contribution in [0.1, 0.15) is 24.8 Å². The average molecular weight is 245 g/mol. The lowest BCUT2D eigenvalue weighted by Gasteiger charge is -2.38. The predicted molar refractivity (Wildman–Crippen MR) is 56.2 cm³/mol. The first kappa shape index (κ1) is 11.2. The first-order valence-electron chi connectivity index (χ1n) is 4.89. The zero-order valence-corrected chi connectivity index (χ0v) is 9.09. The Bertz CT molecular complexity index is 455. The summed E-state index contributed by atoms with van der Waals surface area (Å²) in [6, 6.07) is 2.07. The highest BCUT2D eigenvalue weighted by Gasteiger charge is 2.47. The molecule has 0 saturated heterocycles. The first-order valence-corrected chi connectivity index (χ1v) is 5.27. The number of carboxylic acids is 1. The van der Waals surface area contributed by atoms with Gasteiger partial charge in [0.05, 0.1) is 10.4 Å². The van der Waals surface area contributed by atoms with Crippen LogP contribution in [0.5, 0.6) is 5.75 Å². The number of hydrogen-bond donors (Lipinski definition) is 2. The van der Waals surface area contributed by atoms with Crippen LogP contribution in [0.2, 0.25) is 5.02 Å². The summed E-state index contributed by atoms with van der Waals surface area (Å²) in [5.41, 5.74) is -0.890. The van der Waals surface area contributed by atoms with Gasteiger partial charge in [-0.3, -0.25) is 4.79 Å². The van der Waals surface area contributed by atoms with Gasteiger partial charge in [0.2, 0.25) is 0 Å². The van der Waals surface area contributed by atoms with Crippen molar-refractivity contribution in [2.75, 3.05) is 0 Å². The van der Waals surface area contributed by atoms with E-state index in [0.29, 0.717) is 12.8 Å². The van der Waals surface area contributed by atoms with Crippen LogP contribution in [-0.4, -0.2) is 16.2 Å². The van der Waals surface area contributed by atoms with Crippen molar-refractivity contribution in [1.82, 2.24) is 0 Å². The zero-order chi connectivity index (χ0) is 11.9. The summed E-state index contributed by atoms with van der Waals surface area (Å²) in [7, 11) is 0.